The molecule has 5 nitrogen and oxygen atoms in total. The van der Waals surface area contributed by atoms with Crippen molar-refractivity contribution in [1.29, 1.82) is 0 Å². The van der Waals surface area contributed by atoms with Gasteiger partial charge in [-0.15, -0.1) is 0 Å². The number of nitrogens with one attached hydrogen (secondary N) is 1. The Morgan fingerprint density at radius 3 is 2.59 bits per heavy atom. The van der Waals surface area contributed by atoms with Crippen LogP contribution >= 0.6 is 0 Å². The van der Waals surface area contributed by atoms with Crippen molar-refractivity contribution in [3.8, 4) is 11.6 Å². The van der Waals surface area contributed by atoms with Crippen molar-refractivity contribution in [2.75, 3.05) is 26.7 Å². The first-order valence-corrected chi connectivity index (χ1v) is 8.62. The number of carbonyl (C=O) groups excluding carboxylic acids is 1. The Labute approximate surface area is 155 Å². The molecule has 3 rings (SSSR count). The Hall–Kier alpha value is -2.61. The van der Waals surface area contributed by atoms with Gasteiger partial charge >= 0.3 is 6.18 Å². The summed E-state index contributed by atoms with van der Waals surface area (Å²) >= 11 is 0. The van der Waals surface area contributed by atoms with E-state index in [9.17, 15) is 18.0 Å². The molecule has 144 valence electrons. The van der Waals surface area contributed by atoms with Crippen LogP contribution in [0.5, 0.6) is 11.6 Å². The van der Waals surface area contributed by atoms with Crippen LogP contribution in [0.3, 0.4) is 0 Å². The number of halogens is 3. The second-order valence-electron chi connectivity index (χ2n) is 6.47. The fraction of sp³-hybridized carbons (Fsp3) is 0.368. The number of nitrogens with zero attached hydrogens (tertiary/aromatic N) is 2. The maximum absolute atomic E-state index is 12.5. The number of benzene rings is 1. The Balaban J connectivity index is 1.61. The molecule has 1 aliphatic heterocycles. The van der Waals surface area contributed by atoms with Gasteiger partial charge in [-0.05, 0) is 56.3 Å². The standard InChI is InChI=1S/C19H20F3N3O2/c1-23-10-13-8-9-25(12-13)18(26)14-2-5-16(6-3-14)27-17-7-4-15(11-24-17)19(20,21)22/h2-7,11,13,23H,8-10,12H2,1H3/t13-/m0/s1. The molecular weight excluding hydrogens is 359 g/mol. The maximum atomic E-state index is 12.5. The molecule has 1 amide bonds. The molecule has 1 atom stereocenters. The van der Waals surface area contributed by atoms with E-state index >= 15 is 0 Å². The number of aromatic nitrogens is 1. The van der Waals surface area contributed by atoms with Crippen LogP contribution in [0.25, 0.3) is 0 Å². The fourth-order valence-electron chi connectivity index (χ4n) is 3.05. The number of ether oxygens (including phenoxy) is 1. The summed E-state index contributed by atoms with van der Waals surface area (Å²) in [6.07, 6.45) is -2.73. The van der Waals surface area contributed by atoms with Crippen LogP contribution in [-0.2, 0) is 6.18 Å². The van der Waals surface area contributed by atoms with Crippen LogP contribution in [0.2, 0.25) is 0 Å². The van der Waals surface area contributed by atoms with E-state index in [1.165, 1.54) is 0 Å². The number of hydrogen-bond donors (Lipinski definition) is 1. The predicted molar refractivity (Wildman–Crippen MR) is 93.7 cm³/mol. The van der Waals surface area contributed by atoms with E-state index in [0.717, 1.165) is 44.4 Å². The SMILES string of the molecule is CNC[C@@H]1CCN(C(=O)c2ccc(Oc3ccc(C(F)(F)F)cn3)cc2)C1. The first-order valence-electron chi connectivity index (χ1n) is 8.62. The average molecular weight is 379 g/mol. The summed E-state index contributed by atoms with van der Waals surface area (Å²) < 4.78 is 43.1. The molecule has 0 radical (unpaired) electrons. The van der Waals surface area contributed by atoms with Crippen LogP contribution in [0.1, 0.15) is 22.3 Å². The van der Waals surface area contributed by atoms with Crippen LogP contribution in [0, 0.1) is 5.92 Å². The minimum atomic E-state index is -4.44. The summed E-state index contributed by atoms with van der Waals surface area (Å²) in [5, 5.41) is 3.13. The second kappa shape index (κ2) is 7.96. The summed E-state index contributed by atoms with van der Waals surface area (Å²) in [6.45, 7) is 2.35. The van der Waals surface area contributed by atoms with E-state index in [2.05, 4.69) is 10.3 Å². The highest BCUT2D eigenvalue weighted by molar-refractivity contribution is 5.94. The monoisotopic (exact) mass is 379 g/mol. The van der Waals surface area contributed by atoms with Gasteiger partial charge in [-0.25, -0.2) is 4.98 Å². The molecule has 0 unspecified atom stereocenters. The summed E-state index contributed by atoms with van der Waals surface area (Å²) in [5.41, 5.74) is -0.286. The quantitative estimate of drug-likeness (QED) is 0.863. The molecule has 1 aliphatic rings. The third kappa shape index (κ3) is 4.77. The van der Waals surface area contributed by atoms with E-state index < -0.39 is 11.7 Å². The van der Waals surface area contributed by atoms with Crippen LogP contribution < -0.4 is 10.1 Å². The zero-order valence-corrected chi connectivity index (χ0v) is 14.8. The lowest BCUT2D eigenvalue weighted by Gasteiger charge is -2.17. The van der Waals surface area contributed by atoms with Gasteiger partial charge in [0.2, 0.25) is 5.88 Å². The molecule has 1 N–H and O–H groups in total. The minimum Gasteiger partial charge on any atom is -0.439 e. The molecule has 27 heavy (non-hydrogen) atoms. The smallest absolute Gasteiger partial charge is 0.417 e. The van der Waals surface area contributed by atoms with Gasteiger partial charge in [0.05, 0.1) is 5.56 Å². The highest BCUT2D eigenvalue weighted by Crippen LogP contribution is 2.30. The van der Waals surface area contributed by atoms with E-state index in [4.69, 9.17) is 4.74 Å². The first-order chi connectivity index (χ1) is 12.9. The summed E-state index contributed by atoms with van der Waals surface area (Å²) in [6, 6.07) is 8.57. The molecular formula is C19H20F3N3O2. The lowest BCUT2D eigenvalue weighted by molar-refractivity contribution is -0.137. The lowest BCUT2D eigenvalue weighted by Crippen LogP contribution is -2.30. The molecule has 0 saturated carbocycles. The summed E-state index contributed by atoms with van der Waals surface area (Å²) in [5.74, 6) is 0.880. The van der Waals surface area contributed by atoms with Gasteiger partial charge in [-0.2, -0.15) is 13.2 Å². The van der Waals surface area contributed by atoms with Crippen molar-refractivity contribution in [3.63, 3.8) is 0 Å². The Kier molecular flexibility index (Phi) is 5.65. The maximum Gasteiger partial charge on any atom is 0.417 e. The van der Waals surface area contributed by atoms with Gasteiger partial charge in [0.1, 0.15) is 5.75 Å². The summed E-state index contributed by atoms with van der Waals surface area (Å²) in [7, 11) is 1.90. The molecule has 2 aromatic rings. The van der Waals surface area contributed by atoms with Gasteiger partial charge < -0.3 is 15.0 Å². The fourth-order valence-corrected chi connectivity index (χ4v) is 3.05. The van der Waals surface area contributed by atoms with Crippen molar-refractivity contribution < 1.29 is 22.7 Å². The third-order valence-corrected chi connectivity index (χ3v) is 4.45. The van der Waals surface area contributed by atoms with Crippen LogP contribution in [0.15, 0.2) is 42.6 Å². The Morgan fingerprint density at radius 1 is 1.26 bits per heavy atom. The highest BCUT2D eigenvalue weighted by atomic mass is 19.4. The van der Waals surface area contributed by atoms with Crippen molar-refractivity contribution in [2.45, 2.75) is 12.6 Å². The number of rotatable bonds is 5. The largest absolute Gasteiger partial charge is 0.439 e. The Morgan fingerprint density at radius 2 is 2.00 bits per heavy atom. The molecule has 1 aromatic carbocycles. The van der Waals surface area contributed by atoms with Crippen molar-refractivity contribution >= 4 is 5.91 Å². The van der Waals surface area contributed by atoms with Gasteiger partial charge in [-0.3, -0.25) is 4.79 Å². The molecule has 0 aliphatic carbocycles. The normalized spacial score (nSPS) is 17.2. The molecule has 1 aromatic heterocycles. The Bertz CT molecular complexity index is 776. The van der Waals surface area contributed by atoms with Crippen molar-refractivity contribution in [1.82, 2.24) is 15.2 Å². The molecule has 0 bridgehead atoms. The number of amides is 1. The molecule has 1 fully saturated rings. The topological polar surface area (TPSA) is 54.5 Å². The van der Waals surface area contributed by atoms with Crippen LogP contribution in [-0.4, -0.2) is 42.5 Å². The second-order valence-corrected chi connectivity index (χ2v) is 6.47. The highest BCUT2D eigenvalue weighted by Gasteiger charge is 2.30. The molecule has 0 spiro atoms. The zero-order valence-electron chi connectivity index (χ0n) is 14.8. The minimum absolute atomic E-state index is 0.0344. The van der Waals surface area contributed by atoms with Gasteiger partial charge in [-0.1, -0.05) is 0 Å². The van der Waals surface area contributed by atoms with E-state index in [-0.39, 0.29) is 11.8 Å². The van der Waals surface area contributed by atoms with E-state index in [1.807, 2.05) is 11.9 Å². The number of likely N-dealkylation sites (tertiary alicyclic amines) is 1. The predicted octanol–water partition coefficient (Wildman–Crippen LogP) is 3.57. The average Bonchev–Trinajstić information content (AvgIpc) is 3.10. The molecule has 2 heterocycles. The van der Waals surface area contributed by atoms with Crippen molar-refractivity contribution in [2.24, 2.45) is 5.92 Å². The third-order valence-electron chi connectivity index (χ3n) is 4.45. The number of alkyl halides is 3. The number of pyridine rings is 1. The van der Waals surface area contributed by atoms with E-state index in [0.29, 0.717) is 17.2 Å². The number of carbonyl (C=O) groups is 1. The van der Waals surface area contributed by atoms with E-state index in [1.54, 1.807) is 24.3 Å². The van der Waals surface area contributed by atoms with Gasteiger partial charge in [0.15, 0.2) is 0 Å². The number of hydrogen-bond acceptors (Lipinski definition) is 4. The van der Waals surface area contributed by atoms with Gasteiger partial charge in [0.25, 0.3) is 5.91 Å². The van der Waals surface area contributed by atoms with Gasteiger partial charge in [0, 0.05) is 30.9 Å². The first kappa shape index (κ1) is 19.2. The van der Waals surface area contributed by atoms with Crippen LogP contribution in [0.4, 0.5) is 13.2 Å². The summed E-state index contributed by atoms with van der Waals surface area (Å²) in [4.78, 5) is 18.0. The molecule has 8 heteroatoms. The van der Waals surface area contributed by atoms with Crippen molar-refractivity contribution in [3.05, 3.63) is 53.7 Å². The molecule has 1 saturated heterocycles. The zero-order chi connectivity index (χ0) is 19.4. The lowest BCUT2D eigenvalue weighted by atomic mass is 10.1.